The molecule has 3 rings (SSSR count). The summed E-state index contributed by atoms with van der Waals surface area (Å²) in [6.07, 6.45) is 1.79. The summed E-state index contributed by atoms with van der Waals surface area (Å²) in [4.78, 5) is 12.4. The van der Waals surface area contributed by atoms with E-state index in [4.69, 9.17) is 4.74 Å². The number of rotatable bonds is 10. The molecule has 0 unspecified atom stereocenters. The van der Waals surface area contributed by atoms with Gasteiger partial charge in [0.2, 0.25) is 5.91 Å². The molecule has 1 aromatic heterocycles. The molecule has 0 aliphatic carbocycles. The third-order valence-electron chi connectivity index (χ3n) is 5.00. The summed E-state index contributed by atoms with van der Waals surface area (Å²) in [6.45, 7) is 13.0. The van der Waals surface area contributed by atoms with Crippen molar-refractivity contribution in [2.24, 2.45) is 0 Å². The fourth-order valence-electron chi connectivity index (χ4n) is 3.26. The first-order chi connectivity index (χ1) is 15.4. The van der Waals surface area contributed by atoms with Crippen LogP contribution in [0.4, 0.5) is 5.69 Å². The van der Waals surface area contributed by atoms with E-state index < -0.39 is 0 Å². The second-order valence-electron chi connectivity index (χ2n) is 7.93. The summed E-state index contributed by atoms with van der Waals surface area (Å²) >= 11 is 1.35. The van der Waals surface area contributed by atoms with Crippen LogP contribution in [0.25, 0.3) is 0 Å². The number of nitrogens with one attached hydrogen (secondary N) is 1. The molecule has 7 heteroatoms. The Bertz CT molecular complexity index is 1090. The van der Waals surface area contributed by atoms with Crippen molar-refractivity contribution in [3.8, 4) is 5.75 Å². The Morgan fingerprint density at radius 3 is 2.72 bits per heavy atom. The highest BCUT2D eigenvalue weighted by Gasteiger charge is 2.16. The molecule has 0 radical (unpaired) electrons. The zero-order valence-electron chi connectivity index (χ0n) is 19.1. The van der Waals surface area contributed by atoms with Gasteiger partial charge in [0.25, 0.3) is 0 Å². The van der Waals surface area contributed by atoms with E-state index in [2.05, 4.69) is 54.1 Å². The Morgan fingerprint density at radius 2 is 2.00 bits per heavy atom. The number of anilines is 1. The van der Waals surface area contributed by atoms with Gasteiger partial charge in [0.1, 0.15) is 12.4 Å². The number of benzene rings is 2. The maximum absolute atomic E-state index is 12.4. The molecule has 0 saturated carbocycles. The minimum atomic E-state index is -0.0865. The van der Waals surface area contributed by atoms with E-state index >= 15 is 0 Å². The number of aromatic nitrogens is 3. The minimum absolute atomic E-state index is 0.0865. The lowest BCUT2D eigenvalue weighted by Gasteiger charge is -2.15. The van der Waals surface area contributed by atoms with E-state index in [0.29, 0.717) is 30.1 Å². The first kappa shape index (κ1) is 23.6. The maximum atomic E-state index is 12.4. The van der Waals surface area contributed by atoms with E-state index in [1.165, 1.54) is 11.8 Å². The zero-order chi connectivity index (χ0) is 23.1. The number of aryl methyl sites for hydroxylation is 2. The first-order valence-electron chi connectivity index (χ1n) is 10.6. The molecule has 0 saturated heterocycles. The van der Waals surface area contributed by atoms with E-state index in [1.54, 1.807) is 6.08 Å². The van der Waals surface area contributed by atoms with Gasteiger partial charge in [-0.05, 0) is 48.6 Å². The van der Waals surface area contributed by atoms with Crippen LogP contribution in [0.1, 0.15) is 42.3 Å². The molecule has 168 valence electrons. The Balaban J connectivity index is 1.68. The Hall–Kier alpha value is -3.06. The summed E-state index contributed by atoms with van der Waals surface area (Å²) < 4.78 is 8.07. The molecule has 0 spiro atoms. The van der Waals surface area contributed by atoms with Crippen molar-refractivity contribution in [3.05, 3.63) is 77.6 Å². The molecule has 3 aromatic rings. The van der Waals surface area contributed by atoms with Gasteiger partial charge >= 0.3 is 0 Å². The SMILES string of the molecule is C=CCn1c(COc2cc(C)ccc2C(C)C)nnc1SCC(=O)Nc1ccccc1C. The molecule has 0 atom stereocenters. The number of thioether (sulfide) groups is 1. The van der Waals surface area contributed by atoms with Gasteiger partial charge in [0, 0.05) is 12.2 Å². The van der Waals surface area contributed by atoms with E-state index in [-0.39, 0.29) is 11.7 Å². The molecule has 2 aromatic carbocycles. The van der Waals surface area contributed by atoms with Crippen molar-refractivity contribution >= 4 is 23.4 Å². The predicted octanol–water partition coefficient (Wildman–Crippen LogP) is 5.51. The highest BCUT2D eigenvalue weighted by molar-refractivity contribution is 7.99. The number of allylic oxidation sites excluding steroid dienone is 1. The van der Waals surface area contributed by atoms with Gasteiger partial charge in [-0.3, -0.25) is 9.36 Å². The fourth-order valence-corrected chi connectivity index (χ4v) is 4.03. The number of nitrogens with zero attached hydrogens (tertiary/aromatic N) is 3. The Morgan fingerprint density at radius 1 is 1.22 bits per heavy atom. The normalized spacial score (nSPS) is 10.9. The molecule has 1 amide bonds. The molecule has 0 aliphatic rings. The molecule has 0 bridgehead atoms. The standard InChI is InChI=1S/C25H30N4O2S/c1-6-13-29-23(15-31-22-14-18(4)11-12-20(22)17(2)3)27-28-25(29)32-16-24(30)26-21-10-8-7-9-19(21)5/h6-12,14,17H,1,13,15-16H2,2-5H3,(H,26,30). The van der Waals surface area contributed by atoms with Crippen molar-refractivity contribution in [3.63, 3.8) is 0 Å². The van der Waals surface area contributed by atoms with E-state index in [9.17, 15) is 4.79 Å². The average Bonchev–Trinajstić information content (AvgIpc) is 3.14. The van der Waals surface area contributed by atoms with E-state index in [1.807, 2.05) is 42.7 Å². The Kier molecular flexibility index (Phi) is 8.11. The third-order valence-corrected chi connectivity index (χ3v) is 5.97. The molecule has 1 N–H and O–H groups in total. The van der Waals surface area contributed by atoms with Crippen LogP contribution >= 0.6 is 11.8 Å². The largest absolute Gasteiger partial charge is 0.485 e. The number of ether oxygens (including phenoxy) is 1. The molecule has 32 heavy (non-hydrogen) atoms. The second kappa shape index (κ2) is 11.0. The van der Waals surface area contributed by atoms with Crippen molar-refractivity contribution in [2.75, 3.05) is 11.1 Å². The summed E-state index contributed by atoms with van der Waals surface area (Å²) in [5.74, 6) is 2.06. The highest BCUT2D eigenvalue weighted by Crippen LogP contribution is 2.28. The summed E-state index contributed by atoms with van der Waals surface area (Å²) in [5, 5.41) is 12.2. The maximum Gasteiger partial charge on any atom is 0.234 e. The second-order valence-corrected chi connectivity index (χ2v) is 8.88. The smallest absolute Gasteiger partial charge is 0.234 e. The van der Waals surface area contributed by atoms with Gasteiger partial charge < -0.3 is 10.1 Å². The summed E-state index contributed by atoms with van der Waals surface area (Å²) in [5.41, 5.74) is 4.15. The fraction of sp³-hybridized carbons (Fsp3) is 0.320. The number of carbonyl (C=O) groups excluding carboxylic acids is 1. The van der Waals surface area contributed by atoms with Gasteiger partial charge in [0.05, 0.1) is 5.75 Å². The van der Waals surface area contributed by atoms with Crippen molar-refractivity contribution in [1.29, 1.82) is 0 Å². The average molecular weight is 451 g/mol. The van der Waals surface area contributed by atoms with Gasteiger partial charge in [0.15, 0.2) is 11.0 Å². The lowest BCUT2D eigenvalue weighted by Crippen LogP contribution is -2.15. The summed E-state index contributed by atoms with van der Waals surface area (Å²) in [7, 11) is 0. The predicted molar refractivity (Wildman–Crippen MR) is 130 cm³/mol. The molecular weight excluding hydrogens is 420 g/mol. The lowest BCUT2D eigenvalue weighted by molar-refractivity contribution is -0.113. The van der Waals surface area contributed by atoms with Crippen LogP contribution in [0.2, 0.25) is 0 Å². The van der Waals surface area contributed by atoms with Crippen LogP contribution in [0.15, 0.2) is 60.3 Å². The monoisotopic (exact) mass is 450 g/mol. The van der Waals surface area contributed by atoms with Gasteiger partial charge in [-0.25, -0.2) is 0 Å². The topological polar surface area (TPSA) is 69.0 Å². The van der Waals surface area contributed by atoms with Crippen LogP contribution in [0, 0.1) is 13.8 Å². The van der Waals surface area contributed by atoms with Crippen LogP contribution < -0.4 is 10.1 Å². The van der Waals surface area contributed by atoms with Crippen molar-refractivity contribution in [2.45, 2.75) is 51.9 Å². The highest BCUT2D eigenvalue weighted by atomic mass is 32.2. The van der Waals surface area contributed by atoms with Crippen molar-refractivity contribution in [1.82, 2.24) is 14.8 Å². The molecule has 0 fully saturated rings. The number of hydrogen-bond acceptors (Lipinski definition) is 5. The Labute approximate surface area is 194 Å². The van der Waals surface area contributed by atoms with E-state index in [0.717, 1.165) is 28.1 Å². The quantitative estimate of drug-likeness (QED) is 0.326. The number of para-hydroxylation sites is 1. The molecule has 0 aliphatic heterocycles. The van der Waals surface area contributed by atoms with Crippen LogP contribution in [-0.2, 0) is 17.9 Å². The molecular formula is C25H30N4O2S. The number of amides is 1. The zero-order valence-corrected chi connectivity index (χ0v) is 19.9. The third kappa shape index (κ3) is 6.01. The number of carbonyl (C=O) groups is 1. The lowest BCUT2D eigenvalue weighted by atomic mass is 10.0. The first-order valence-corrected chi connectivity index (χ1v) is 11.6. The van der Waals surface area contributed by atoms with Gasteiger partial charge in [-0.1, -0.05) is 62.0 Å². The molecule has 1 heterocycles. The van der Waals surface area contributed by atoms with Crippen LogP contribution in [0.5, 0.6) is 5.75 Å². The van der Waals surface area contributed by atoms with Gasteiger partial charge in [-0.15, -0.1) is 16.8 Å². The number of hydrogen-bond donors (Lipinski definition) is 1. The minimum Gasteiger partial charge on any atom is -0.485 e. The summed E-state index contributed by atoms with van der Waals surface area (Å²) in [6, 6.07) is 14.0. The molecule has 6 nitrogen and oxygen atoms in total. The van der Waals surface area contributed by atoms with Crippen LogP contribution in [0.3, 0.4) is 0 Å². The van der Waals surface area contributed by atoms with Crippen LogP contribution in [-0.4, -0.2) is 26.4 Å². The van der Waals surface area contributed by atoms with Crippen molar-refractivity contribution < 1.29 is 9.53 Å². The van der Waals surface area contributed by atoms with Gasteiger partial charge in [-0.2, -0.15) is 0 Å².